The monoisotopic (exact) mass is 251 g/mol. The molecule has 0 amide bonds. The van der Waals surface area contributed by atoms with Crippen LogP contribution in [0.1, 0.15) is 37.8 Å². The maximum absolute atomic E-state index is 14.1. The van der Waals surface area contributed by atoms with Gasteiger partial charge in [0.1, 0.15) is 11.7 Å². The van der Waals surface area contributed by atoms with Gasteiger partial charge in [0.15, 0.2) is 0 Å². The van der Waals surface area contributed by atoms with Crippen LogP contribution in [-0.2, 0) is 6.54 Å². The molecule has 0 heterocycles. The van der Waals surface area contributed by atoms with E-state index in [1.54, 1.807) is 12.1 Å². The number of hydrogen-bond donors (Lipinski definition) is 2. The third kappa shape index (κ3) is 3.53. The molecule has 0 saturated heterocycles. The number of benzene rings is 1. The van der Waals surface area contributed by atoms with E-state index in [-0.39, 0.29) is 17.2 Å². The molecular formula is C14H22FN3. The molecule has 0 bridgehead atoms. The van der Waals surface area contributed by atoms with Crippen molar-refractivity contribution in [3.63, 3.8) is 0 Å². The van der Waals surface area contributed by atoms with Crippen molar-refractivity contribution >= 4 is 5.84 Å². The molecule has 0 fully saturated rings. The van der Waals surface area contributed by atoms with Crippen LogP contribution < -0.4 is 5.73 Å². The molecule has 1 unspecified atom stereocenters. The largest absolute Gasteiger partial charge is 0.384 e. The first-order valence-corrected chi connectivity index (χ1v) is 6.29. The minimum absolute atomic E-state index is 0.184. The lowest BCUT2D eigenvalue weighted by Gasteiger charge is -2.24. The first-order valence-electron chi connectivity index (χ1n) is 6.29. The number of halogens is 1. The van der Waals surface area contributed by atoms with Crippen LogP contribution >= 0.6 is 0 Å². The third-order valence-electron chi connectivity index (χ3n) is 3.25. The Labute approximate surface area is 108 Å². The van der Waals surface area contributed by atoms with Crippen LogP contribution in [0.15, 0.2) is 18.2 Å². The lowest BCUT2D eigenvalue weighted by atomic mass is 10.1. The van der Waals surface area contributed by atoms with Crippen molar-refractivity contribution in [2.24, 2.45) is 5.73 Å². The Bertz CT molecular complexity index is 418. The van der Waals surface area contributed by atoms with Crippen LogP contribution in [0, 0.1) is 11.2 Å². The van der Waals surface area contributed by atoms with Crippen molar-refractivity contribution in [3.05, 3.63) is 35.1 Å². The van der Waals surface area contributed by atoms with Gasteiger partial charge in [0, 0.05) is 18.2 Å². The van der Waals surface area contributed by atoms with Crippen molar-refractivity contribution in [1.29, 1.82) is 5.41 Å². The summed E-state index contributed by atoms with van der Waals surface area (Å²) >= 11 is 0. The Kier molecular flexibility index (Phi) is 5.28. The van der Waals surface area contributed by atoms with E-state index in [1.165, 1.54) is 6.07 Å². The lowest BCUT2D eigenvalue weighted by molar-refractivity contribution is 0.234. The number of nitrogen functional groups attached to an aromatic ring is 1. The SMILES string of the molecule is CCCC(C)N(C)Cc1cccc(C(=N)N)c1F. The van der Waals surface area contributed by atoms with E-state index in [1.807, 2.05) is 7.05 Å². The quantitative estimate of drug-likeness (QED) is 0.603. The predicted octanol–water partition coefficient (Wildman–Crippen LogP) is 2.73. The van der Waals surface area contributed by atoms with Crippen molar-refractivity contribution in [1.82, 2.24) is 4.90 Å². The molecule has 3 N–H and O–H groups in total. The van der Waals surface area contributed by atoms with Gasteiger partial charge in [-0.15, -0.1) is 0 Å². The molecule has 1 rings (SSSR count). The molecule has 0 aliphatic rings. The fraction of sp³-hybridized carbons (Fsp3) is 0.500. The van der Waals surface area contributed by atoms with Gasteiger partial charge in [-0.05, 0) is 26.5 Å². The van der Waals surface area contributed by atoms with Crippen LogP contribution in [0.5, 0.6) is 0 Å². The fourth-order valence-corrected chi connectivity index (χ4v) is 1.97. The summed E-state index contributed by atoms with van der Waals surface area (Å²) < 4.78 is 14.1. The van der Waals surface area contributed by atoms with E-state index in [4.69, 9.17) is 11.1 Å². The molecule has 0 saturated carbocycles. The normalized spacial score (nSPS) is 12.7. The summed E-state index contributed by atoms with van der Waals surface area (Å²) in [6.45, 7) is 4.81. The van der Waals surface area contributed by atoms with Gasteiger partial charge in [0.05, 0.1) is 5.56 Å². The van der Waals surface area contributed by atoms with E-state index in [0.717, 1.165) is 12.8 Å². The molecule has 1 atom stereocenters. The molecule has 4 heteroatoms. The zero-order chi connectivity index (χ0) is 13.7. The lowest BCUT2D eigenvalue weighted by Crippen LogP contribution is -2.29. The number of nitrogens with two attached hydrogens (primary N) is 1. The molecule has 0 aliphatic carbocycles. The Morgan fingerprint density at radius 3 is 2.72 bits per heavy atom. The van der Waals surface area contributed by atoms with Crippen molar-refractivity contribution in [3.8, 4) is 0 Å². The van der Waals surface area contributed by atoms with Crippen molar-refractivity contribution in [2.45, 2.75) is 39.3 Å². The fourth-order valence-electron chi connectivity index (χ4n) is 1.97. The second-order valence-corrected chi connectivity index (χ2v) is 4.75. The van der Waals surface area contributed by atoms with Gasteiger partial charge in [-0.25, -0.2) is 4.39 Å². The van der Waals surface area contributed by atoms with E-state index in [0.29, 0.717) is 18.2 Å². The van der Waals surface area contributed by atoms with Gasteiger partial charge >= 0.3 is 0 Å². The van der Waals surface area contributed by atoms with Crippen LogP contribution in [0.4, 0.5) is 4.39 Å². The first kappa shape index (κ1) is 14.6. The summed E-state index contributed by atoms with van der Waals surface area (Å²) in [5, 5.41) is 7.33. The summed E-state index contributed by atoms with van der Waals surface area (Å²) in [5.74, 6) is -0.598. The standard InChI is InChI=1S/C14H22FN3/c1-4-6-10(2)18(3)9-11-7-5-8-12(13(11)15)14(16)17/h5,7-8,10H,4,6,9H2,1-3H3,(H3,16,17). The van der Waals surface area contributed by atoms with Gasteiger partial charge < -0.3 is 5.73 Å². The minimum Gasteiger partial charge on any atom is -0.384 e. The van der Waals surface area contributed by atoms with Crippen LogP contribution in [0.3, 0.4) is 0 Å². The summed E-state index contributed by atoms with van der Waals surface area (Å²) in [6, 6.07) is 5.44. The summed E-state index contributed by atoms with van der Waals surface area (Å²) in [4.78, 5) is 2.12. The van der Waals surface area contributed by atoms with Crippen LogP contribution in [-0.4, -0.2) is 23.8 Å². The van der Waals surface area contributed by atoms with Crippen molar-refractivity contribution in [2.75, 3.05) is 7.05 Å². The average molecular weight is 251 g/mol. The Balaban J connectivity index is 2.85. The Morgan fingerprint density at radius 1 is 1.50 bits per heavy atom. The topological polar surface area (TPSA) is 53.1 Å². The zero-order valence-electron chi connectivity index (χ0n) is 11.3. The number of nitrogens with zero attached hydrogens (tertiary/aromatic N) is 1. The summed E-state index contributed by atoms with van der Waals surface area (Å²) in [7, 11) is 1.99. The highest BCUT2D eigenvalue weighted by Crippen LogP contribution is 2.16. The highest BCUT2D eigenvalue weighted by molar-refractivity contribution is 5.95. The highest BCUT2D eigenvalue weighted by Gasteiger charge is 2.14. The van der Waals surface area contributed by atoms with E-state index < -0.39 is 0 Å². The third-order valence-corrected chi connectivity index (χ3v) is 3.25. The molecule has 0 aromatic heterocycles. The molecule has 100 valence electrons. The second-order valence-electron chi connectivity index (χ2n) is 4.75. The van der Waals surface area contributed by atoms with Gasteiger partial charge in [0.25, 0.3) is 0 Å². The minimum atomic E-state index is -0.374. The van der Waals surface area contributed by atoms with Crippen LogP contribution in [0.2, 0.25) is 0 Å². The maximum atomic E-state index is 14.1. The van der Waals surface area contributed by atoms with E-state index >= 15 is 0 Å². The molecule has 3 nitrogen and oxygen atoms in total. The van der Waals surface area contributed by atoms with Gasteiger partial charge in [0.2, 0.25) is 0 Å². The molecule has 1 aromatic rings. The van der Waals surface area contributed by atoms with E-state index in [2.05, 4.69) is 18.7 Å². The first-order chi connectivity index (χ1) is 8.47. The molecule has 18 heavy (non-hydrogen) atoms. The molecule has 0 aliphatic heterocycles. The number of nitrogens with one attached hydrogen (secondary N) is 1. The number of amidine groups is 1. The predicted molar refractivity (Wildman–Crippen MR) is 73.3 cm³/mol. The molecule has 0 spiro atoms. The molecule has 0 radical (unpaired) electrons. The smallest absolute Gasteiger partial charge is 0.138 e. The highest BCUT2D eigenvalue weighted by atomic mass is 19.1. The Morgan fingerprint density at radius 2 is 2.17 bits per heavy atom. The maximum Gasteiger partial charge on any atom is 0.138 e. The van der Waals surface area contributed by atoms with Crippen LogP contribution in [0.25, 0.3) is 0 Å². The molecule has 1 aromatic carbocycles. The van der Waals surface area contributed by atoms with E-state index in [9.17, 15) is 4.39 Å². The Hall–Kier alpha value is -1.42. The number of hydrogen-bond acceptors (Lipinski definition) is 2. The zero-order valence-corrected chi connectivity index (χ0v) is 11.3. The average Bonchev–Trinajstić information content (AvgIpc) is 2.31. The summed E-state index contributed by atoms with van der Waals surface area (Å²) in [6.07, 6.45) is 2.20. The van der Waals surface area contributed by atoms with Gasteiger partial charge in [-0.1, -0.05) is 25.5 Å². The summed E-state index contributed by atoms with van der Waals surface area (Å²) in [5.41, 5.74) is 6.13. The number of rotatable bonds is 6. The van der Waals surface area contributed by atoms with Gasteiger partial charge in [-0.3, -0.25) is 10.3 Å². The second kappa shape index (κ2) is 6.50. The molecular weight excluding hydrogens is 229 g/mol. The van der Waals surface area contributed by atoms with Gasteiger partial charge in [-0.2, -0.15) is 0 Å². The van der Waals surface area contributed by atoms with Crippen molar-refractivity contribution < 1.29 is 4.39 Å².